The average Bonchev–Trinajstić information content (AvgIpc) is 2.41. The fourth-order valence-corrected chi connectivity index (χ4v) is 3.12. The lowest BCUT2D eigenvalue weighted by Crippen LogP contribution is -2.22. The van der Waals surface area contributed by atoms with Crippen LogP contribution in [0.25, 0.3) is 0 Å². The van der Waals surface area contributed by atoms with E-state index in [2.05, 4.69) is 21.2 Å². The molecule has 5 heteroatoms. The Kier molecular flexibility index (Phi) is 5.09. The lowest BCUT2D eigenvalue weighted by Gasteiger charge is -2.13. The Morgan fingerprint density at radius 3 is 2.70 bits per heavy atom. The number of carbonyl (C=O) groups is 1. The monoisotopic (exact) mass is 350 g/mol. The zero-order chi connectivity index (χ0) is 14.5. The average molecular weight is 351 g/mol. The van der Waals surface area contributed by atoms with Gasteiger partial charge < -0.3 is 11.1 Å². The summed E-state index contributed by atoms with van der Waals surface area (Å²) in [5, 5.41) is 2.64. The number of benzene rings is 2. The summed E-state index contributed by atoms with van der Waals surface area (Å²) >= 11 is 4.93. The number of nitrogen functional groups attached to an aromatic ring is 1. The molecule has 1 unspecified atom stereocenters. The van der Waals surface area contributed by atoms with E-state index in [9.17, 15) is 4.79 Å². The van der Waals surface area contributed by atoms with E-state index in [1.165, 1.54) is 11.8 Å². The minimum Gasteiger partial charge on any atom is -0.397 e. The first-order chi connectivity index (χ1) is 9.56. The van der Waals surface area contributed by atoms with Gasteiger partial charge in [-0.1, -0.05) is 34.1 Å². The van der Waals surface area contributed by atoms with Crippen LogP contribution in [-0.2, 0) is 4.79 Å². The molecule has 0 fully saturated rings. The molecule has 0 saturated carbocycles. The summed E-state index contributed by atoms with van der Waals surface area (Å²) in [6.07, 6.45) is 0. The second kappa shape index (κ2) is 6.81. The largest absolute Gasteiger partial charge is 0.397 e. The van der Waals surface area contributed by atoms with Gasteiger partial charge in [-0.15, -0.1) is 11.8 Å². The van der Waals surface area contributed by atoms with Gasteiger partial charge in [0.15, 0.2) is 0 Å². The number of para-hydroxylation sites is 2. The highest BCUT2D eigenvalue weighted by Crippen LogP contribution is 2.27. The molecule has 1 amide bonds. The van der Waals surface area contributed by atoms with Gasteiger partial charge in [-0.2, -0.15) is 0 Å². The molecule has 3 N–H and O–H groups in total. The van der Waals surface area contributed by atoms with E-state index in [4.69, 9.17) is 5.73 Å². The predicted octanol–water partition coefficient (Wildman–Crippen LogP) is 4.15. The molecule has 0 bridgehead atoms. The first kappa shape index (κ1) is 14.9. The van der Waals surface area contributed by atoms with E-state index in [1.807, 2.05) is 43.3 Å². The van der Waals surface area contributed by atoms with Crippen LogP contribution in [0.1, 0.15) is 6.92 Å². The van der Waals surface area contributed by atoms with Crippen molar-refractivity contribution in [3.8, 4) is 0 Å². The third-order valence-corrected chi connectivity index (χ3v) is 4.28. The van der Waals surface area contributed by atoms with Crippen LogP contribution >= 0.6 is 27.7 Å². The van der Waals surface area contributed by atoms with Crippen molar-refractivity contribution in [1.82, 2.24) is 0 Å². The standard InChI is InChI=1S/C15H15BrN2OS/c1-10(20-12-6-4-5-11(16)9-12)15(19)18-14-8-3-2-7-13(14)17/h2-10H,17H2,1H3,(H,18,19). The Labute approximate surface area is 131 Å². The highest BCUT2D eigenvalue weighted by Gasteiger charge is 2.15. The molecule has 0 aliphatic heterocycles. The molecule has 2 aromatic carbocycles. The maximum atomic E-state index is 12.2. The Morgan fingerprint density at radius 2 is 2.00 bits per heavy atom. The molecule has 0 aliphatic rings. The molecule has 2 aromatic rings. The summed E-state index contributed by atoms with van der Waals surface area (Å²) in [5.41, 5.74) is 7.04. The van der Waals surface area contributed by atoms with Crippen LogP contribution in [-0.4, -0.2) is 11.2 Å². The number of amides is 1. The van der Waals surface area contributed by atoms with Gasteiger partial charge in [-0.3, -0.25) is 4.79 Å². The molecule has 1 atom stereocenters. The van der Waals surface area contributed by atoms with E-state index in [0.29, 0.717) is 11.4 Å². The predicted molar refractivity (Wildman–Crippen MR) is 88.9 cm³/mol. The summed E-state index contributed by atoms with van der Waals surface area (Å²) in [6.45, 7) is 1.88. The van der Waals surface area contributed by atoms with Crippen molar-refractivity contribution in [3.05, 3.63) is 53.0 Å². The SMILES string of the molecule is CC(Sc1cccc(Br)c1)C(=O)Nc1ccccc1N. The van der Waals surface area contributed by atoms with Crippen molar-refractivity contribution in [1.29, 1.82) is 0 Å². The van der Waals surface area contributed by atoms with Gasteiger partial charge in [0.2, 0.25) is 5.91 Å². The van der Waals surface area contributed by atoms with Crippen molar-refractivity contribution in [3.63, 3.8) is 0 Å². The lowest BCUT2D eigenvalue weighted by atomic mass is 10.2. The van der Waals surface area contributed by atoms with Crippen LogP contribution in [0.15, 0.2) is 57.9 Å². The van der Waals surface area contributed by atoms with Crippen molar-refractivity contribution in [2.45, 2.75) is 17.1 Å². The highest BCUT2D eigenvalue weighted by molar-refractivity contribution is 9.10. The Morgan fingerprint density at radius 1 is 1.25 bits per heavy atom. The van der Waals surface area contributed by atoms with Gasteiger partial charge in [0.25, 0.3) is 0 Å². The summed E-state index contributed by atoms with van der Waals surface area (Å²) < 4.78 is 1.00. The number of nitrogens with one attached hydrogen (secondary N) is 1. The van der Waals surface area contributed by atoms with Crippen molar-refractivity contribution in [2.24, 2.45) is 0 Å². The minimum absolute atomic E-state index is 0.0622. The summed E-state index contributed by atoms with van der Waals surface area (Å²) in [5.74, 6) is -0.0622. The summed E-state index contributed by atoms with van der Waals surface area (Å²) in [6, 6.07) is 15.1. The molecule has 0 radical (unpaired) electrons. The number of thioether (sulfide) groups is 1. The molecule has 0 spiro atoms. The number of rotatable bonds is 4. The molecule has 3 nitrogen and oxygen atoms in total. The van der Waals surface area contributed by atoms with Gasteiger partial charge >= 0.3 is 0 Å². The zero-order valence-corrected chi connectivity index (χ0v) is 13.4. The number of carbonyl (C=O) groups excluding carboxylic acids is 1. The Bertz CT molecular complexity index is 618. The van der Waals surface area contributed by atoms with Gasteiger partial charge in [0, 0.05) is 9.37 Å². The van der Waals surface area contributed by atoms with Crippen LogP contribution in [0.2, 0.25) is 0 Å². The smallest absolute Gasteiger partial charge is 0.237 e. The van der Waals surface area contributed by atoms with Crippen LogP contribution < -0.4 is 11.1 Å². The van der Waals surface area contributed by atoms with Crippen LogP contribution in [0.3, 0.4) is 0 Å². The maximum Gasteiger partial charge on any atom is 0.237 e. The molecule has 0 aromatic heterocycles. The molecule has 0 saturated heterocycles. The topological polar surface area (TPSA) is 55.1 Å². The maximum absolute atomic E-state index is 12.2. The Hall–Kier alpha value is -1.46. The second-order valence-corrected chi connectivity index (χ2v) is 6.62. The molecular weight excluding hydrogens is 336 g/mol. The molecule has 20 heavy (non-hydrogen) atoms. The highest BCUT2D eigenvalue weighted by atomic mass is 79.9. The number of hydrogen-bond donors (Lipinski definition) is 2. The summed E-state index contributed by atoms with van der Waals surface area (Å²) in [7, 11) is 0. The lowest BCUT2D eigenvalue weighted by molar-refractivity contribution is -0.115. The van der Waals surface area contributed by atoms with Gasteiger partial charge in [0.05, 0.1) is 16.6 Å². The molecule has 104 valence electrons. The van der Waals surface area contributed by atoms with E-state index >= 15 is 0 Å². The molecule has 2 rings (SSSR count). The third kappa shape index (κ3) is 4.02. The van der Waals surface area contributed by atoms with E-state index in [1.54, 1.807) is 12.1 Å². The number of nitrogens with two attached hydrogens (primary N) is 1. The van der Waals surface area contributed by atoms with Crippen LogP contribution in [0.4, 0.5) is 11.4 Å². The fourth-order valence-electron chi connectivity index (χ4n) is 1.64. The van der Waals surface area contributed by atoms with E-state index in [0.717, 1.165) is 9.37 Å². The first-order valence-corrected chi connectivity index (χ1v) is 7.81. The van der Waals surface area contributed by atoms with Crippen molar-refractivity contribution >= 4 is 45.0 Å². The molecular formula is C15H15BrN2OS. The van der Waals surface area contributed by atoms with E-state index in [-0.39, 0.29) is 11.2 Å². The van der Waals surface area contributed by atoms with Crippen LogP contribution in [0, 0.1) is 0 Å². The molecule has 0 aliphatic carbocycles. The third-order valence-electron chi connectivity index (χ3n) is 2.70. The number of halogens is 1. The zero-order valence-electron chi connectivity index (χ0n) is 11.0. The molecule has 0 heterocycles. The normalized spacial score (nSPS) is 11.9. The fraction of sp³-hybridized carbons (Fsp3) is 0.133. The number of anilines is 2. The van der Waals surface area contributed by atoms with Gasteiger partial charge in [-0.25, -0.2) is 0 Å². The van der Waals surface area contributed by atoms with Crippen LogP contribution in [0.5, 0.6) is 0 Å². The van der Waals surface area contributed by atoms with E-state index < -0.39 is 0 Å². The van der Waals surface area contributed by atoms with Crippen molar-refractivity contribution < 1.29 is 4.79 Å². The first-order valence-electron chi connectivity index (χ1n) is 6.14. The van der Waals surface area contributed by atoms with Gasteiger partial charge in [0.1, 0.15) is 0 Å². The summed E-state index contributed by atoms with van der Waals surface area (Å²) in [4.78, 5) is 13.2. The van der Waals surface area contributed by atoms with Crippen molar-refractivity contribution in [2.75, 3.05) is 11.1 Å². The Balaban J connectivity index is 2.01. The van der Waals surface area contributed by atoms with Gasteiger partial charge in [-0.05, 0) is 37.3 Å². The minimum atomic E-state index is -0.205. The quantitative estimate of drug-likeness (QED) is 0.643. The second-order valence-electron chi connectivity index (χ2n) is 4.29. The number of hydrogen-bond acceptors (Lipinski definition) is 3.